The summed E-state index contributed by atoms with van der Waals surface area (Å²) in [4.78, 5) is 13.9. The lowest BCUT2D eigenvalue weighted by Crippen LogP contribution is -2.46. The van der Waals surface area contributed by atoms with Crippen molar-refractivity contribution in [1.29, 1.82) is 0 Å². The van der Waals surface area contributed by atoms with Crippen molar-refractivity contribution in [3.05, 3.63) is 0 Å². The van der Waals surface area contributed by atoms with Crippen molar-refractivity contribution in [2.45, 2.75) is 57.8 Å². The van der Waals surface area contributed by atoms with Crippen LogP contribution in [0.2, 0.25) is 0 Å². The highest BCUT2D eigenvalue weighted by molar-refractivity contribution is 5.76. The molecule has 1 aliphatic rings. The molecule has 0 aromatic heterocycles. The SMILES string of the molecule is CCC(=O)N(CC(OC)OC)C1CCCCC1. The minimum absolute atomic E-state index is 0.205. The third-order valence-corrected chi connectivity index (χ3v) is 3.51. The molecule has 100 valence electrons. The van der Waals surface area contributed by atoms with Crippen LogP contribution in [0.25, 0.3) is 0 Å². The van der Waals surface area contributed by atoms with Crippen molar-refractivity contribution in [1.82, 2.24) is 4.90 Å². The van der Waals surface area contributed by atoms with E-state index in [4.69, 9.17) is 9.47 Å². The van der Waals surface area contributed by atoms with Gasteiger partial charge >= 0.3 is 0 Å². The number of carbonyl (C=O) groups excluding carboxylic acids is 1. The molecule has 0 aliphatic heterocycles. The second-order valence-corrected chi connectivity index (χ2v) is 4.59. The lowest BCUT2D eigenvalue weighted by Gasteiger charge is -2.35. The number of amides is 1. The first kappa shape index (κ1) is 14.5. The minimum atomic E-state index is -0.313. The summed E-state index contributed by atoms with van der Waals surface area (Å²) in [5.41, 5.74) is 0. The highest BCUT2D eigenvalue weighted by Crippen LogP contribution is 2.23. The van der Waals surface area contributed by atoms with Crippen LogP contribution in [-0.2, 0) is 14.3 Å². The van der Waals surface area contributed by atoms with Crippen LogP contribution in [0.5, 0.6) is 0 Å². The number of carbonyl (C=O) groups is 1. The summed E-state index contributed by atoms with van der Waals surface area (Å²) >= 11 is 0. The van der Waals surface area contributed by atoms with E-state index in [1.54, 1.807) is 14.2 Å². The third kappa shape index (κ3) is 4.28. The molecule has 0 heterocycles. The van der Waals surface area contributed by atoms with Crippen molar-refractivity contribution >= 4 is 5.91 Å². The Hall–Kier alpha value is -0.610. The van der Waals surface area contributed by atoms with Crippen LogP contribution in [0.3, 0.4) is 0 Å². The van der Waals surface area contributed by atoms with Gasteiger partial charge in [0, 0.05) is 26.7 Å². The molecule has 1 aliphatic carbocycles. The van der Waals surface area contributed by atoms with Crippen molar-refractivity contribution in [2.24, 2.45) is 0 Å². The number of methoxy groups -OCH3 is 2. The van der Waals surface area contributed by atoms with Crippen molar-refractivity contribution < 1.29 is 14.3 Å². The van der Waals surface area contributed by atoms with Gasteiger partial charge in [-0.25, -0.2) is 0 Å². The van der Waals surface area contributed by atoms with Crippen LogP contribution in [0, 0.1) is 0 Å². The Morgan fingerprint density at radius 2 is 1.82 bits per heavy atom. The number of ether oxygens (including phenoxy) is 2. The molecule has 1 fully saturated rings. The zero-order chi connectivity index (χ0) is 12.7. The quantitative estimate of drug-likeness (QED) is 0.671. The molecule has 4 nitrogen and oxygen atoms in total. The molecule has 4 heteroatoms. The first-order chi connectivity index (χ1) is 8.22. The molecule has 1 amide bonds. The minimum Gasteiger partial charge on any atom is -0.354 e. The lowest BCUT2D eigenvalue weighted by atomic mass is 9.94. The molecule has 0 saturated heterocycles. The van der Waals surface area contributed by atoms with E-state index in [1.807, 2.05) is 11.8 Å². The Kier molecular flexibility index (Phi) is 6.52. The van der Waals surface area contributed by atoms with E-state index in [1.165, 1.54) is 19.3 Å². The van der Waals surface area contributed by atoms with Gasteiger partial charge in [-0.3, -0.25) is 4.79 Å². The Morgan fingerprint density at radius 3 is 2.29 bits per heavy atom. The molecule has 0 aromatic rings. The van der Waals surface area contributed by atoms with Crippen molar-refractivity contribution in [2.75, 3.05) is 20.8 Å². The van der Waals surface area contributed by atoms with Gasteiger partial charge in [-0.05, 0) is 12.8 Å². The number of rotatable bonds is 6. The topological polar surface area (TPSA) is 38.8 Å². The van der Waals surface area contributed by atoms with Crippen LogP contribution in [0.4, 0.5) is 0 Å². The Balaban J connectivity index is 2.61. The maximum Gasteiger partial charge on any atom is 0.222 e. The van der Waals surface area contributed by atoms with E-state index in [0.717, 1.165) is 12.8 Å². The van der Waals surface area contributed by atoms with E-state index < -0.39 is 0 Å². The normalized spacial score (nSPS) is 17.4. The summed E-state index contributed by atoms with van der Waals surface area (Å²) in [6.07, 6.45) is 6.22. The summed E-state index contributed by atoms with van der Waals surface area (Å²) in [5.74, 6) is 0.205. The second kappa shape index (κ2) is 7.67. The van der Waals surface area contributed by atoms with Crippen LogP contribution < -0.4 is 0 Å². The summed E-state index contributed by atoms with van der Waals surface area (Å²) in [5, 5.41) is 0. The molecule has 0 aromatic carbocycles. The molecule has 0 bridgehead atoms. The third-order valence-electron chi connectivity index (χ3n) is 3.51. The monoisotopic (exact) mass is 243 g/mol. The summed E-state index contributed by atoms with van der Waals surface area (Å²) in [6, 6.07) is 0.379. The standard InChI is InChI=1S/C13H25NO3/c1-4-12(15)14(10-13(16-2)17-3)11-8-6-5-7-9-11/h11,13H,4-10H2,1-3H3. The van der Waals surface area contributed by atoms with Crippen molar-refractivity contribution in [3.8, 4) is 0 Å². The lowest BCUT2D eigenvalue weighted by molar-refractivity contribution is -0.150. The van der Waals surface area contributed by atoms with Gasteiger partial charge in [0.2, 0.25) is 5.91 Å². The zero-order valence-corrected chi connectivity index (χ0v) is 11.3. The Morgan fingerprint density at radius 1 is 1.24 bits per heavy atom. The maximum absolute atomic E-state index is 12.0. The fraction of sp³-hybridized carbons (Fsp3) is 0.923. The van der Waals surface area contributed by atoms with Crippen LogP contribution in [0.1, 0.15) is 45.4 Å². The van der Waals surface area contributed by atoms with E-state index >= 15 is 0 Å². The summed E-state index contributed by atoms with van der Waals surface area (Å²) < 4.78 is 10.4. The van der Waals surface area contributed by atoms with Crippen LogP contribution >= 0.6 is 0 Å². The first-order valence-electron chi connectivity index (χ1n) is 6.58. The fourth-order valence-corrected chi connectivity index (χ4v) is 2.46. The van der Waals surface area contributed by atoms with Gasteiger partial charge < -0.3 is 14.4 Å². The molecule has 0 unspecified atom stereocenters. The van der Waals surface area contributed by atoms with Gasteiger partial charge in [0.05, 0.1) is 6.54 Å². The fourth-order valence-electron chi connectivity index (χ4n) is 2.46. The molecule has 1 saturated carbocycles. The van der Waals surface area contributed by atoms with E-state index in [2.05, 4.69) is 0 Å². The van der Waals surface area contributed by atoms with E-state index in [0.29, 0.717) is 19.0 Å². The molecule has 17 heavy (non-hydrogen) atoms. The molecule has 0 spiro atoms. The number of nitrogens with zero attached hydrogens (tertiary/aromatic N) is 1. The first-order valence-corrected chi connectivity index (χ1v) is 6.58. The molecular formula is C13H25NO3. The van der Waals surface area contributed by atoms with Gasteiger partial charge in [0.15, 0.2) is 6.29 Å². The molecular weight excluding hydrogens is 218 g/mol. The average Bonchev–Trinajstić information content (AvgIpc) is 2.40. The van der Waals surface area contributed by atoms with Gasteiger partial charge in [-0.2, -0.15) is 0 Å². The van der Waals surface area contributed by atoms with E-state index in [9.17, 15) is 4.79 Å². The van der Waals surface area contributed by atoms with Crippen molar-refractivity contribution in [3.63, 3.8) is 0 Å². The van der Waals surface area contributed by atoms with Gasteiger partial charge in [-0.1, -0.05) is 26.2 Å². The van der Waals surface area contributed by atoms with E-state index in [-0.39, 0.29) is 12.2 Å². The predicted octanol–water partition coefficient (Wildman–Crippen LogP) is 2.18. The molecule has 0 radical (unpaired) electrons. The summed E-state index contributed by atoms with van der Waals surface area (Å²) in [7, 11) is 3.23. The smallest absolute Gasteiger partial charge is 0.222 e. The number of hydrogen-bond acceptors (Lipinski definition) is 3. The Bertz CT molecular complexity index is 223. The highest BCUT2D eigenvalue weighted by atomic mass is 16.7. The van der Waals surface area contributed by atoms with Gasteiger partial charge in [0.1, 0.15) is 0 Å². The van der Waals surface area contributed by atoms with Crippen LogP contribution in [0.15, 0.2) is 0 Å². The summed E-state index contributed by atoms with van der Waals surface area (Å²) in [6.45, 7) is 2.46. The number of hydrogen-bond donors (Lipinski definition) is 0. The molecule has 0 atom stereocenters. The average molecular weight is 243 g/mol. The maximum atomic E-state index is 12.0. The largest absolute Gasteiger partial charge is 0.354 e. The van der Waals surface area contributed by atoms with Gasteiger partial charge in [0.25, 0.3) is 0 Å². The van der Waals surface area contributed by atoms with Gasteiger partial charge in [-0.15, -0.1) is 0 Å². The molecule has 1 rings (SSSR count). The van der Waals surface area contributed by atoms with Crippen LogP contribution in [-0.4, -0.2) is 43.9 Å². The highest BCUT2D eigenvalue weighted by Gasteiger charge is 2.26. The predicted molar refractivity (Wildman–Crippen MR) is 66.7 cm³/mol. The zero-order valence-electron chi connectivity index (χ0n) is 11.3. The molecule has 0 N–H and O–H groups in total. The second-order valence-electron chi connectivity index (χ2n) is 4.59. The Labute approximate surface area is 104 Å².